The number of carbonyl (C=O) groups excluding carboxylic acids is 2. The Balaban J connectivity index is 1.51. The zero-order valence-electron chi connectivity index (χ0n) is 19.0. The molecule has 8 nitrogen and oxygen atoms in total. The van der Waals surface area contributed by atoms with E-state index in [1.165, 1.54) is 12.8 Å². The summed E-state index contributed by atoms with van der Waals surface area (Å²) in [4.78, 5) is 29.1. The lowest BCUT2D eigenvalue weighted by Crippen LogP contribution is -2.41. The number of likely N-dealkylation sites (tertiary alicyclic amines) is 2. The number of rotatable bonds is 6. The molecule has 2 saturated heterocycles. The van der Waals surface area contributed by atoms with E-state index in [0.29, 0.717) is 11.4 Å². The summed E-state index contributed by atoms with van der Waals surface area (Å²) in [6.45, 7) is 9.48. The highest BCUT2D eigenvalue weighted by Gasteiger charge is 2.21. The molecule has 0 unspecified atom stereocenters. The van der Waals surface area contributed by atoms with Gasteiger partial charge in [-0.25, -0.2) is 9.59 Å². The molecule has 0 aliphatic carbocycles. The zero-order valence-corrected chi connectivity index (χ0v) is 19.0. The van der Waals surface area contributed by atoms with E-state index in [1.807, 2.05) is 26.8 Å². The predicted octanol–water partition coefficient (Wildman–Crippen LogP) is 4.76. The normalized spacial score (nSPS) is 19.8. The maximum Gasteiger partial charge on any atom is 0.413 e. The van der Waals surface area contributed by atoms with Gasteiger partial charge in [-0.3, -0.25) is 20.4 Å². The van der Waals surface area contributed by atoms with Crippen LogP contribution in [0.5, 0.6) is 0 Å². The molecule has 3 rings (SSSR count). The topological polar surface area (TPSA) is 83.1 Å². The van der Waals surface area contributed by atoms with Crippen LogP contribution in [0.3, 0.4) is 0 Å². The number of ether oxygens (including phenoxy) is 2. The SMILES string of the molecule is Cc1ccc(NC(=O)O[C@H](C)N2CCCCC2)cc1NC(=O)O[C@@H](C)N1CCCCC1. The molecule has 0 radical (unpaired) electrons. The highest BCUT2D eigenvalue weighted by atomic mass is 16.6. The van der Waals surface area contributed by atoms with E-state index >= 15 is 0 Å². The van der Waals surface area contributed by atoms with E-state index in [2.05, 4.69) is 20.4 Å². The van der Waals surface area contributed by atoms with Crippen molar-refractivity contribution in [3.05, 3.63) is 23.8 Å². The summed E-state index contributed by atoms with van der Waals surface area (Å²) in [5.74, 6) is 0. The van der Waals surface area contributed by atoms with Gasteiger partial charge in [-0.15, -0.1) is 0 Å². The highest BCUT2D eigenvalue weighted by molar-refractivity contribution is 5.89. The molecular formula is C23H36N4O4. The fourth-order valence-electron chi connectivity index (χ4n) is 4.14. The van der Waals surface area contributed by atoms with Crippen molar-refractivity contribution in [2.75, 3.05) is 36.8 Å². The second-order valence-corrected chi connectivity index (χ2v) is 8.48. The Morgan fingerprint density at radius 3 is 1.81 bits per heavy atom. The number of anilines is 2. The first kappa shape index (κ1) is 23.3. The molecule has 2 N–H and O–H groups in total. The van der Waals surface area contributed by atoms with E-state index in [-0.39, 0.29) is 12.5 Å². The molecular weight excluding hydrogens is 396 g/mol. The third-order valence-electron chi connectivity index (χ3n) is 6.09. The molecule has 2 heterocycles. The molecule has 31 heavy (non-hydrogen) atoms. The first-order valence-corrected chi connectivity index (χ1v) is 11.5. The van der Waals surface area contributed by atoms with Crippen LogP contribution in [0.25, 0.3) is 0 Å². The van der Waals surface area contributed by atoms with Gasteiger partial charge in [0.05, 0.1) is 0 Å². The van der Waals surface area contributed by atoms with Crippen molar-refractivity contribution in [2.45, 2.75) is 71.8 Å². The van der Waals surface area contributed by atoms with Gasteiger partial charge in [0.25, 0.3) is 0 Å². The van der Waals surface area contributed by atoms with Crippen LogP contribution in [0.4, 0.5) is 21.0 Å². The van der Waals surface area contributed by atoms with Gasteiger partial charge in [0.2, 0.25) is 0 Å². The van der Waals surface area contributed by atoms with Crippen LogP contribution in [-0.4, -0.2) is 60.6 Å². The van der Waals surface area contributed by atoms with E-state index in [4.69, 9.17) is 9.47 Å². The first-order chi connectivity index (χ1) is 14.9. The Kier molecular flexibility index (Phi) is 8.54. The van der Waals surface area contributed by atoms with E-state index in [1.54, 1.807) is 12.1 Å². The minimum atomic E-state index is -0.505. The van der Waals surface area contributed by atoms with Crippen LogP contribution in [0.15, 0.2) is 18.2 Å². The number of amides is 2. The Hall–Kier alpha value is -2.32. The zero-order chi connectivity index (χ0) is 22.2. The number of benzene rings is 1. The first-order valence-electron chi connectivity index (χ1n) is 11.5. The van der Waals surface area contributed by atoms with Crippen molar-refractivity contribution < 1.29 is 19.1 Å². The molecule has 2 aliphatic rings. The van der Waals surface area contributed by atoms with Crippen LogP contribution in [0.2, 0.25) is 0 Å². The molecule has 2 amide bonds. The van der Waals surface area contributed by atoms with Crippen LogP contribution in [-0.2, 0) is 9.47 Å². The fraction of sp³-hybridized carbons (Fsp3) is 0.652. The molecule has 0 aromatic heterocycles. The summed E-state index contributed by atoms with van der Waals surface area (Å²) in [7, 11) is 0. The smallest absolute Gasteiger partial charge is 0.413 e. The van der Waals surface area contributed by atoms with Crippen LogP contribution in [0.1, 0.15) is 57.9 Å². The number of hydrogen-bond donors (Lipinski definition) is 2. The Morgan fingerprint density at radius 2 is 1.29 bits per heavy atom. The lowest BCUT2D eigenvalue weighted by Gasteiger charge is -2.31. The molecule has 2 fully saturated rings. The molecule has 2 atom stereocenters. The standard InChI is InChI=1S/C23H36N4O4/c1-17-10-11-20(24-22(28)30-18(2)26-12-6-4-7-13-26)16-21(17)25-23(29)31-19(3)27-14-8-5-9-15-27/h10-11,16,18-19H,4-9,12-15H2,1-3H3,(H,24,28)(H,25,29)/t18-,19+/m1/s1. The third-order valence-corrected chi connectivity index (χ3v) is 6.09. The summed E-state index contributed by atoms with van der Waals surface area (Å²) in [6, 6.07) is 5.34. The quantitative estimate of drug-likeness (QED) is 0.675. The van der Waals surface area contributed by atoms with Gasteiger partial charge in [0.15, 0.2) is 12.5 Å². The van der Waals surface area contributed by atoms with Crippen molar-refractivity contribution in [3.63, 3.8) is 0 Å². The van der Waals surface area contributed by atoms with Crippen molar-refractivity contribution in [1.82, 2.24) is 9.80 Å². The minimum absolute atomic E-state index is 0.269. The van der Waals surface area contributed by atoms with Gasteiger partial charge in [0, 0.05) is 37.6 Å². The van der Waals surface area contributed by atoms with Gasteiger partial charge in [-0.2, -0.15) is 0 Å². The van der Waals surface area contributed by atoms with Gasteiger partial charge >= 0.3 is 12.2 Å². The highest BCUT2D eigenvalue weighted by Crippen LogP contribution is 2.22. The molecule has 172 valence electrons. The van der Waals surface area contributed by atoms with Crippen LogP contribution >= 0.6 is 0 Å². The van der Waals surface area contributed by atoms with Gasteiger partial charge < -0.3 is 9.47 Å². The number of hydrogen-bond acceptors (Lipinski definition) is 6. The van der Waals surface area contributed by atoms with Crippen molar-refractivity contribution >= 4 is 23.6 Å². The maximum absolute atomic E-state index is 12.4. The van der Waals surface area contributed by atoms with Crippen LogP contribution in [0, 0.1) is 6.92 Å². The Morgan fingerprint density at radius 1 is 0.806 bits per heavy atom. The molecule has 0 bridgehead atoms. The number of piperidine rings is 2. The van der Waals surface area contributed by atoms with Crippen molar-refractivity contribution in [1.29, 1.82) is 0 Å². The number of nitrogens with one attached hydrogen (secondary N) is 2. The summed E-state index contributed by atoms with van der Waals surface area (Å²) < 4.78 is 11.1. The minimum Gasteiger partial charge on any atom is -0.430 e. The number of nitrogens with zero attached hydrogens (tertiary/aromatic N) is 2. The predicted molar refractivity (Wildman–Crippen MR) is 121 cm³/mol. The molecule has 8 heteroatoms. The van der Waals surface area contributed by atoms with Gasteiger partial charge in [-0.05, 0) is 64.2 Å². The third kappa shape index (κ3) is 7.11. The lowest BCUT2D eigenvalue weighted by atomic mass is 10.1. The van der Waals surface area contributed by atoms with Crippen molar-refractivity contribution in [2.24, 2.45) is 0 Å². The second kappa shape index (κ2) is 11.3. The van der Waals surface area contributed by atoms with Crippen molar-refractivity contribution in [3.8, 4) is 0 Å². The summed E-state index contributed by atoms with van der Waals surface area (Å²) >= 11 is 0. The van der Waals surface area contributed by atoms with E-state index in [0.717, 1.165) is 57.4 Å². The van der Waals surface area contributed by atoms with Gasteiger partial charge in [0.1, 0.15) is 0 Å². The van der Waals surface area contributed by atoms with E-state index in [9.17, 15) is 9.59 Å². The number of aryl methyl sites for hydroxylation is 1. The Bertz CT molecular complexity index is 745. The summed E-state index contributed by atoms with van der Waals surface area (Å²) in [5, 5.41) is 5.56. The molecule has 0 spiro atoms. The molecule has 0 saturated carbocycles. The second-order valence-electron chi connectivity index (χ2n) is 8.48. The summed E-state index contributed by atoms with van der Waals surface area (Å²) in [5.41, 5.74) is 2.03. The number of carbonyl (C=O) groups is 2. The van der Waals surface area contributed by atoms with E-state index < -0.39 is 12.2 Å². The molecule has 2 aliphatic heterocycles. The fourth-order valence-corrected chi connectivity index (χ4v) is 4.14. The largest absolute Gasteiger partial charge is 0.430 e. The average Bonchev–Trinajstić information content (AvgIpc) is 2.77. The Labute approximate surface area is 185 Å². The average molecular weight is 433 g/mol. The lowest BCUT2D eigenvalue weighted by molar-refractivity contribution is -0.00497. The van der Waals surface area contributed by atoms with Gasteiger partial charge in [-0.1, -0.05) is 18.9 Å². The molecule has 1 aromatic rings. The van der Waals surface area contributed by atoms with Crippen LogP contribution < -0.4 is 10.6 Å². The molecule has 1 aromatic carbocycles. The monoisotopic (exact) mass is 432 g/mol. The maximum atomic E-state index is 12.4. The summed E-state index contributed by atoms with van der Waals surface area (Å²) in [6.07, 6.45) is 5.45.